The summed E-state index contributed by atoms with van der Waals surface area (Å²) in [7, 11) is 0. The molecule has 4 nitrogen and oxygen atoms in total. The highest BCUT2D eigenvalue weighted by molar-refractivity contribution is 5.85. The van der Waals surface area contributed by atoms with Gasteiger partial charge >= 0.3 is 5.97 Å². The van der Waals surface area contributed by atoms with E-state index in [1.54, 1.807) is 6.08 Å². The molecule has 1 aromatic rings. The van der Waals surface area contributed by atoms with Gasteiger partial charge in [-0.05, 0) is 24.1 Å². The lowest BCUT2D eigenvalue weighted by molar-refractivity contribution is -0.131. The Bertz CT molecular complexity index is 470. The fourth-order valence-electron chi connectivity index (χ4n) is 2.28. The van der Waals surface area contributed by atoms with Gasteiger partial charge in [-0.2, -0.15) is 0 Å². The third-order valence-electron chi connectivity index (χ3n) is 3.18. The van der Waals surface area contributed by atoms with Gasteiger partial charge in [-0.25, -0.2) is 4.79 Å². The number of ether oxygens (including phenoxy) is 1. The van der Waals surface area contributed by atoms with Gasteiger partial charge in [-0.1, -0.05) is 24.3 Å². The van der Waals surface area contributed by atoms with Crippen molar-refractivity contribution >= 4 is 12.0 Å². The molecule has 1 aliphatic heterocycles. The van der Waals surface area contributed by atoms with Gasteiger partial charge in [0.2, 0.25) is 0 Å². The first-order valence-corrected chi connectivity index (χ1v) is 6.48. The predicted molar refractivity (Wildman–Crippen MR) is 73.8 cm³/mol. The first kappa shape index (κ1) is 13.8. The van der Waals surface area contributed by atoms with Gasteiger partial charge in [-0.3, -0.25) is 4.90 Å². The molecular weight excluding hydrogens is 242 g/mol. The van der Waals surface area contributed by atoms with Crippen LogP contribution in [0.2, 0.25) is 0 Å². The van der Waals surface area contributed by atoms with Crippen LogP contribution in [0.4, 0.5) is 0 Å². The van der Waals surface area contributed by atoms with Crippen LogP contribution >= 0.6 is 0 Å². The van der Waals surface area contributed by atoms with Crippen LogP contribution in [-0.4, -0.2) is 41.8 Å². The summed E-state index contributed by atoms with van der Waals surface area (Å²) < 4.78 is 5.52. The number of nitrogens with zero attached hydrogens (tertiary/aromatic N) is 1. The van der Waals surface area contributed by atoms with E-state index in [-0.39, 0.29) is 6.10 Å². The van der Waals surface area contributed by atoms with Crippen molar-refractivity contribution in [3.63, 3.8) is 0 Å². The lowest BCUT2D eigenvalue weighted by Gasteiger charge is -2.31. The van der Waals surface area contributed by atoms with Crippen molar-refractivity contribution < 1.29 is 14.6 Å². The minimum absolute atomic E-state index is 0.260. The maximum Gasteiger partial charge on any atom is 0.328 e. The van der Waals surface area contributed by atoms with Gasteiger partial charge in [0.05, 0.1) is 12.7 Å². The molecule has 1 atom stereocenters. The van der Waals surface area contributed by atoms with Crippen molar-refractivity contribution in [1.29, 1.82) is 0 Å². The fourth-order valence-corrected chi connectivity index (χ4v) is 2.28. The zero-order chi connectivity index (χ0) is 13.7. The molecule has 2 rings (SSSR count). The van der Waals surface area contributed by atoms with Gasteiger partial charge < -0.3 is 9.84 Å². The first-order valence-electron chi connectivity index (χ1n) is 6.48. The van der Waals surface area contributed by atoms with Crippen LogP contribution < -0.4 is 0 Å². The Morgan fingerprint density at radius 1 is 1.53 bits per heavy atom. The van der Waals surface area contributed by atoms with E-state index in [0.29, 0.717) is 0 Å². The molecule has 1 N–H and O–H groups in total. The van der Waals surface area contributed by atoms with E-state index in [2.05, 4.69) is 11.8 Å². The SMILES string of the molecule is CC1CN(Cc2ccccc2C=CC(=O)O)CCO1. The van der Waals surface area contributed by atoms with Crippen LogP contribution in [0.3, 0.4) is 0 Å². The second-order valence-corrected chi connectivity index (χ2v) is 4.79. The van der Waals surface area contributed by atoms with Gasteiger partial charge in [0.25, 0.3) is 0 Å². The van der Waals surface area contributed by atoms with E-state index >= 15 is 0 Å². The molecule has 1 unspecified atom stereocenters. The van der Waals surface area contributed by atoms with E-state index in [0.717, 1.165) is 37.4 Å². The van der Waals surface area contributed by atoms with E-state index in [4.69, 9.17) is 9.84 Å². The number of rotatable bonds is 4. The number of carboxylic acids is 1. The van der Waals surface area contributed by atoms with E-state index < -0.39 is 5.97 Å². The van der Waals surface area contributed by atoms with Crippen molar-refractivity contribution in [2.24, 2.45) is 0 Å². The van der Waals surface area contributed by atoms with Crippen molar-refractivity contribution in [3.8, 4) is 0 Å². The topological polar surface area (TPSA) is 49.8 Å². The molecule has 1 aromatic carbocycles. The quantitative estimate of drug-likeness (QED) is 0.842. The average Bonchev–Trinajstić information content (AvgIpc) is 2.38. The Morgan fingerprint density at radius 2 is 2.32 bits per heavy atom. The smallest absolute Gasteiger partial charge is 0.328 e. The molecule has 4 heteroatoms. The summed E-state index contributed by atoms with van der Waals surface area (Å²) in [6.45, 7) is 5.49. The lowest BCUT2D eigenvalue weighted by atomic mass is 10.1. The van der Waals surface area contributed by atoms with Gasteiger partial charge in [0.1, 0.15) is 0 Å². The zero-order valence-corrected chi connectivity index (χ0v) is 11.1. The minimum Gasteiger partial charge on any atom is -0.478 e. The molecule has 1 aliphatic rings. The third-order valence-corrected chi connectivity index (χ3v) is 3.18. The second-order valence-electron chi connectivity index (χ2n) is 4.79. The highest BCUT2D eigenvalue weighted by Gasteiger charge is 2.17. The highest BCUT2D eigenvalue weighted by Crippen LogP contribution is 2.15. The first-order chi connectivity index (χ1) is 9.15. The van der Waals surface area contributed by atoms with Crippen LogP contribution in [0, 0.1) is 0 Å². The summed E-state index contributed by atoms with van der Waals surface area (Å²) in [4.78, 5) is 12.9. The molecule has 0 bridgehead atoms. The monoisotopic (exact) mass is 261 g/mol. The van der Waals surface area contributed by atoms with Gasteiger partial charge in [-0.15, -0.1) is 0 Å². The number of carboxylic acid groups (broad SMARTS) is 1. The molecule has 0 amide bonds. The Morgan fingerprint density at radius 3 is 3.05 bits per heavy atom. The van der Waals surface area contributed by atoms with Crippen LogP contribution in [0.15, 0.2) is 30.3 Å². The zero-order valence-electron chi connectivity index (χ0n) is 11.1. The number of carbonyl (C=O) groups is 1. The Kier molecular flexibility index (Phi) is 4.71. The number of morpholine rings is 1. The van der Waals surface area contributed by atoms with Crippen LogP contribution in [-0.2, 0) is 16.1 Å². The van der Waals surface area contributed by atoms with Gasteiger partial charge in [0.15, 0.2) is 0 Å². The molecule has 1 heterocycles. The molecule has 19 heavy (non-hydrogen) atoms. The molecule has 102 valence electrons. The molecule has 1 fully saturated rings. The summed E-state index contributed by atoms with van der Waals surface area (Å²) in [6, 6.07) is 7.89. The van der Waals surface area contributed by atoms with Crippen molar-refractivity contribution in [3.05, 3.63) is 41.5 Å². The Labute approximate surface area is 113 Å². The maximum absolute atomic E-state index is 10.6. The summed E-state index contributed by atoms with van der Waals surface area (Å²) in [5.41, 5.74) is 2.11. The lowest BCUT2D eigenvalue weighted by Crippen LogP contribution is -2.40. The summed E-state index contributed by atoms with van der Waals surface area (Å²) in [5.74, 6) is -0.921. The molecule has 0 saturated carbocycles. The largest absolute Gasteiger partial charge is 0.478 e. The highest BCUT2D eigenvalue weighted by atomic mass is 16.5. The van der Waals surface area contributed by atoms with Gasteiger partial charge in [0, 0.05) is 25.7 Å². The summed E-state index contributed by atoms with van der Waals surface area (Å²) in [5, 5.41) is 8.71. The molecule has 0 aromatic heterocycles. The second kappa shape index (κ2) is 6.50. The number of aliphatic carboxylic acids is 1. The predicted octanol–water partition coefficient (Wildman–Crippen LogP) is 2.01. The number of hydrogen-bond acceptors (Lipinski definition) is 3. The van der Waals surface area contributed by atoms with Crippen molar-refractivity contribution in [2.45, 2.75) is 19.6 Å². The maximum atomic E-state index is 10.6. The average molecular weight is 261 g/mol. The van der Waals surface area contributed by atoms with E-state index in [1.807, 2.05) is 24.3 Å². The van der Waals surface area contributed by atoms with E-state index in [9.17, 15) is 4.79 Å². The molecular formula is C15H19NO3. The summed E-state index contributed by atoms with van der Waals surface area (Å²) in [6.07, 6.45) is 3.10. The summed E-state index contributed by atoms with van der Waals surface area (Å²) >= 11 is 0. The fraction of sp³-hybridized carbons (Fsp3) is 0.400. The normalized spacial score (nSPS) is 20.8. The van der Waals surface area contributed by atoms with Crippen LogP contribution in [0.25, 0.3) is 6.08 Å². The van der Waals surface area contributed by atoms with E-state index in [1.165, 1.54) is 6.08 Å². The number of hydrogen-bond donors (Lipinski definition) is 1. The molecule has 0 aliphatic carbocycles. The minimum atomic E-state index is -0.921. The molecule has 0 spiro atoms. The molecule has 1 saturated heterocycles. The standard InChI is InChI=1S/C15H19NO3/c1-12-10-16(8-9-19-12)11-14-5-3-2-4-13(14)6-7-15(17)18/h2-7,12H,8-11H2,1H3,(H,17,18). The third kappa shape index (κ3) is 4.19. The van der Waals surface area contributed by atoms with Crippen LogP contribution in [0.5, 0.6) is 0 Å². The Hall–Kier alpha value is -1.65. The molecule has 0 radical (unpaired) electrons. The Balaban J connectivity index is 2.09. The van der Waals surface area contributed by atoms with Crippen LogP contribution in [0.1, 0.15) is 18.1 Å². The number of benzene rings is 1. The van der Waals surface area contributed by atoms with Crippen molar-refractivity contribution in [2.75, 3.05) is 19.7 Å². The van der Waals surface area contributed by atoms with Crippen molar-refractivity contribution in [1.82, 2.24) is 4.90 Å².